The molecule has 0 heterocycles. The molecule has 0 fully saturated rings. The average Bonchev–Trinajstić information content (AvgIpc) is 2.19. The van der Waals surface area contributed by atoms with Crippen molar-refractivity contribution in [3.63, 3.8) is 0 Å². The molecule has 0 aliphatic carbocycles. The molecule has 1 rings (SSSR count). The Labute approximate surface area is 78.6 Å². The molecule has 0 radical (unpaired) electrons. The lowest BCUT2D eigenvalue weighted by atomic mass is 10.3. The highest BCUT2D eigenvalue weighted by Crippen LogP contribution is 2.44. The molecule has 0 amide bonds. The number of anilines is 1. The molecule has 1 aromatic carbocycles. The van der Waals surface area contributed by atoms with E-state index in [1.807, 2.05) is 37.3 Å². The highest BCUT2D eigenvalue weighted by atomic mass is 31.2. The Balaban J connectivity index is 2.74. The summed E-state index contributed by atoms with van der Waals surface area (Å²) in [7, 11) is -1.19. The minimum atomic E-state index is -2.65. The summed E-state index contributed by atoms with van der Waals surface area (Å²) in [6.45, 7) is 1.83. The molecule has 0 aliphatic heterocycles. The lowest BCUT2D eigenvalue weighted by Gasteiger charge is -2.16. The van der Waals surface area contributed by atoms with Gasteiger partial charge in [0.2, 0.25) is 0 Å². The summed E-state index contributed by atoms with van der Waals surface area (Å²) >= 11 is 0. The van der Waals surface area contributed by atoms with E-state index in [2.05, 4.69) is 5.09 Å². The number of nitrogens with one attached hydrogen (secondary N) is 1. The highest BCUT2D eigenvalue weighted by Gasteiger charge is 2.17. The van der Waals surface area contributed by atoms with E-state index in [0.29, 0.717) is 6.16 Å². The SMILES string of the molecule is CCP(=O)(Nc1ccccc1)OC. The smallest absolute Gasteiger partial charge is 0.293 e. The molecule has 0 aromatic heterocycles. The number of rotatable bonds is 4. The summed E-state index contributed by atoms with van der Waals surface area (Å²) < 4.78 is 16.7. The molecular weight excluding hydrogens is 185 g/mol. The molecule has 0 saturated carbocycles. The maximum Gasteiger partial charge on any atom is 0.293 e. The number of benzene rings is 1. The van der Waals surface area contributed by atoms with Gasteiger partial charge in [-0.3, -0.25) is 4.57 Å². The van der Waals surface area contributed by atoms with Crippen molar-refractivity contribution in [2.24, 2.45) is 0 Å². The Bertz CT molecular complexity index is 292. The quantitative estimate of drug-likeness (QED) is 0.757. The molecule has 4 heteroatoms. The minimum Gasteiger partial charge on any atom is -0.317 e. The van der Waals surface area contributed by atoms with Crippen molar-refractivity contribution in [3.8, 4) is 0 Å². The van der Waals surface area contributed by atoms with E-state index in [0.717, 1.165) is 5.69 Å². The van der Waals surface area contributed by atoms with Gasteiger partial charge in [0.1, 0.15) is 0 Å². The second-order valence-electron chi connectivity index (χ2n) is 2.65. The third-order valence-electron chi connectivity index (χ3n) is 1.78. The van der Waals surface area contributed by atoms with Gasteiger partial charge in [0.15, 0.2) is 0 Å². The van der Waals surface area contributed by atoms with Crippen LogP contribution in [-0.2, 0) is 9.09 Å². The first-order valence-electron chi connectivity index (χ1n) is 4.18. The van der Waals surface area contributed by atoms with E-state index in [1.165, 1.54) is 7.11 Å². The van der Waals surface area contributed by atoms with Gasteiger partial charge >= 0.3 is 0 Å². The molecule has 0 saturated heterocycles. The number of para-hydroxylation sites is 1. The molecule has 13 heavy (non-hydrogen) atoms. The Morgan fingerprint density at radius 2 is 2.00 bits per heavy atom. The molecule has 0 aliphatic rings. The Hall–Kier alpha value is -0.790. The monoisotopic (exact) mass is 199 g/mol. The first-order valence-corrected chi connectivity index (χ1v) is 5.99. The van der Waals surface area contributed by atoms with Crippen LogP contribution in [0.4, 0.5) is 5.69 Å². The first kappa shape index (κ1) is 10.3. The van der Waals surface area contributed by atoms with Crippen molar-refractivity contribution in [2.45, 2.75) is 6.92 Å². The van der Waals surface area contributed by atoms with Gasteiger partial charge in [-0.05, 0) is 12.1 Å². The summed E-state index contributed by atoms with van der Waals surface area (Å²) in [6, 6.07) is 9.41. The zero-order valence-electron chi connectivity index (χ0n) is 7.86. The van der Waals surface area contributed by atoms with Gasteiger partial charge in [-0.15, -0.1) is 0 Å². The van der Waals surface area contributed by atoms with Gasteiger partial charge in [0.25, 0.3) is 7.52 Å². The van der Waals surface area contributed by atoms with E-state index in [4.69, 9.17) is 4.52 Å². The zero-order chi connectivity index (χ0) is 9.73. The van der Waals surface area contributed by atoms with Gasteiger partial charge in [-0.25, -0.2) is 0 Å². The van der Waals surface area contributed by atoms with Gasteiger partial charge in [-0.2, -0.15) is 0 Å². The minimum absolute atomic E-state index is 0.485. The van der Waals surface area contributed by atoms with Crippen LogP contribution in [0.15, 0.2) is 30.3 Å². The predicted molar refractivity (Wildman–Crippen MR) is 55.2 cm³/mol. The van der Waals surface area contributed by atoms with Crippen LogP contribution < -0.4 is 5.09 Å². The topological polar surface area (TPSA) is 38.3 Å². The fourth-order valence-electron chi connectivity index (χ4n) is 0.963. The summed E-state index contributed by atoms with van der Waals surface area (Å²) in [5, 5.41) is 2.89. The van der Waals surface area contributed by atoms with Crippen LogP contribution in [0.5, 0.6) is 0 Å². The van der Waals surface area contributed by atoms with E-state index >= 15 is 0 Å². The van der Waals surface area contributed by atoms with Crippen LogP contribution >= 0.6 is 7.52 Å². The largest absolute Gasteiger partial charge is 0.317 e. The standard InChI is InChI=1S/C9H14NO2P/c1-3-13(11,12-2)10-9-7-5-4-6-8-9/h4-8H,3H2,1-2H3,(H,10,11). The molecule has 1 atom stereocenters. The van der Waals surface area contributed by atoms with Gasteiger partial charge in [0.05, 0.1) is 0 Å². The molecule has 72 valence electrons. The van der Waals surface area contributed by atoms with E-state index in [1.54, 1.807) is 0 Å². The van der Waals surface area contributed by atoms with Crippen molar-refractivity contribution in [1.29, 1.82) is 0 Å². The Morgan fingerprint density at radius 3 is 2.46 bits per heavy atom. The van der Waals surface area contributed by atoms with E-state index in [-0.39, 0.29) is 0 Å². The molecule has 1 unspecified atom stereocenters. The Kier molecular flexibility index (Phi) is 3.52. The van der Waals surface area contributed by atoms with Crippen molar-refractivity contribution in [1.82, 2.24) is 0 Å². The van der Waals surface area contributed by atoms with E-state index < -0.39 is 7.52 Å². The van der Waals surface area contributed by atoms with Crippen molar-refractivity contribution < 1.29 is 9.09 Å². The molecule has 0 bridgehead atoms. The third kappa shape index (κ3) is 2.87. The summed E-state index contributed by atoms with van der Waals surface area (Å²) in [5.41, 5.74) is 0.828. The molecule has 1 aromatic rings. The zero-order valence-corrected chi connectivity index (χ0v) is 8.75. The lowest BCUT2D eigenvalue weighted by Crippen LogP contribution is -2.00. The van der Waals surface area contributed by atoms with Gasteiger partial charge < -0.3 is 9.61 Å². The van der Waals surface area contributed by atoms with Crippen molar-refractivity contribution in [3.05, 3.63) is 30.3 Å². The van der Waals surface area contributed by atoms with Crippen LogP contribution in [-0.4, -0.2) is 13.3 Å². The molecule has 1 N–H and O–H groups in total. The molecule has 0 spiro atoms. The van der Waals surface area contributed by atoms with Crippen LogP contribution in [0.25, 0.3) is 0 Å². The van der Waals surface area contributed by atoms with Crippen LogP contribution in [0, 0.1) is 0 Å². The second kappa shape index (κ2) is 4.45. The van der Waals surface area contributed by atoms with E-state index in [9.17, 15) is 4.57 Å². The maximum absolute atomic E-state index is 11.8. The van der Waals surface area contributed by atoms with Gasteiger partial charge in [-0.1, -0.05) is 25.1 Å². The third-order valence-corrected chi connectivity index (χ3v) is 3.81. The first-order chi connectivity index (χ1) is 6.20. The van der Waals surface area contributed by atoms with Crippen LogP contribution in [0.3, 0.4) is 0 Å². The van der Waals surface area contributed by atoms with Crippen LogP contribution in [0.1, 0.15) is 6.92 Å². The van der Waals surface area contributed by atoms with Crippen molar-refractivity contribution >= 4 is 13.2 Å². The Morgan fingerprint density at radius 1 is 1.38 bits per heavy atom. The lowest BCUT2D eigenvalue weighted by molar-refractivity contribution is 0.399. The normalized spacial score (nSPS) is 14.9. The fraction of sp³-hybridized carbons (Fsp3) is 0.333. The van der Waals surface area contributed by atoms with Gasteiger partial charge in [0, 0.05) is 19.0 Å². The fourth-order valence-corrected chi connectivity index (χ4v) is 2.01. The van der Waals surface area contributed by atoms with Crippen LogP contribution in [0.2, 0.25) is 0 Å². The maximum atomic E-state index is 11.8. The average molecular weight is 199 g/mol. The molecule has 3 nitrogen and oxygen atoms in total. The summed E-state index contributed by atoms with van der Waals surface area (Å²) in [4.78, 5) is 0. The van der Waals surface area contributed by atoms with Crippen molar-refractivity contribution in [2.75, 3.05) is 18.4 Å². The summed E-state index contributed by atoms with van der Waals surface area (Å²) in [5.74, 6) is 0. The summed E-state index contributed by atoms with van der Waals surface area (Å²) in [6.07, 6.45) is 0.485. The second-order valence-corrected chi connectivity index (χ2v) is 5.22. The highest BCUT2D eigenvalue weighted by molar-refractivity contribution is 7.60. The predicted octanol–water partition coefficient (Wildman–Crippen LogP) is 2.96. The molecular formula is C9H14NO2P. The number of hydrogen-bond donors (Lipinski definition) is 1. The number of hydrogen-bond acceptors (Lipinski definition) is 2.